The first-order valence-corrected chi connectivity index (χ1v) is 11.2. The summed E-state index contributed by atoms with van der Waals surface area (Å²) in [7, 11) is 0. The molecule has 0 aliphatic carbocycles. The zero-order valence-electron chi connectivity index (χ0n) is 16.8. The van der Waals surface area contributed by atoms with Gasteiger partial charge in [0.2, 0.25) is 0 Å². The van der Waals surface area contributed by atoms with Crippen LogP contribution in [-0.2, 0) is 6.54 Å². The van der Waals surface area contributed by atoms with Gasteiger partial charge in [0.15, 0.2) is 5.11 Å². The number of rotatable bonds is 5. The maximum Gasteiger partial charge on any atom is 0.170 e. The van der Waals surface area contributed by atoms with Gasteiger partial charge in [0.1, 0.15) is 23.4 Å². The van der Waals surface area contributed by atoms with Crippen LogP contribution < -0.4 is 5.32 Å². The summed E-state index contributed by atoms with van der Waals surface area (Å²) in [6, 6.07) is 17.8. The molecule has 5 nitrogen and oxygen atoms in total. The van der Waals surface area contributed by atoms with Crippen LogP contribution in [0.5, 0.6) is 0 Å². The molecule has 1 aromatic carbocycles. The second-order valence-electron chi connectivity index (χ2n) is 7.44. The van der Waals surface area contributed by atoms with Crippen molar-refractivity contribution < 1.29 is 8.81 Å². The van der Waals surface area contributed by atoms with Gasteiger partial charge in [-0.2, -0.15) is 0 Å². The molecule has 0 amide bonds. The van der Waals surface area contributed by atoms with Crippen molar-refractivity contribution in [3.05, 3.63) is 107 Å². The fourth-order valence-electron chi connectivity index (χ4n) is 3.92. The second-order valence-corrected chi connectivity index (χ2v) is 8.74. The van der Waals surface area contributed by atoms with Gasteiger partial charge in [0, 0.05) is 29.6 Å². The Balaban J connectivity index is 1.55. The van der Waals surface area contributed by atoms with Crippen molar-refractivity contribution >= 4 is 33.3 Å². The highest BCUT2D eigenvalue weighted by Gasteiger charge is 2.41. The number of thiocarbonyl (C=S) groups is 1. The molecule has 160 valence electrons. The van der Waals surface area contributed by atoms with Crippen molar-refractivity contribution in [2.45, 2.75) is 18.6 Å². The molecule has 0 unspecified atom stereocenters. The maximum atomic E-state index is 14.5. The lowest BCUT2D eigenvalue weighted by Crippen LogP contribution is -2.29. The summed E-state index contributed by atoms with van der Waals surface area (Å²) in [6.07, 6.45) is 5.27. The Kier molecular flexibility index (Phi) is 5.71. The number of aromatic nitrogens is 2. The molecule has 0 saturated carbocycles. The first-order valence-electron chi connectivity index (χ1n) is 10.0. The van der Waals surface area contributed by atoms with E-state index in [2.05, 4.69) is 36.1 Å². The van der Waals surface area contributed by atoms with E-state index in [0.717, 1.165) is 11.3 Å². The third-order valence-electron chi connectivity index (χ3n) is 5.41. The van der Waals surface area contributed by atoms with E-state index >= 15 is 0 Å². The highest BCUT2D eigenvalue weighted by molar-refractivity contribution is 9.10. The van der Waals surface area contributed by atoms with E-state index < -0.39 is 0 Å². The summed E-state index contributed by atoms with van der Waals surface area (Å²) in [5, 5.41) is 4.00. The number of nitrogens with zero attached hydrogens (tertiary/aromatic N) is 3. The number of nitrogens with one attached hydrogen (secondary N) is 1. The van der Waals surface area contributed by atoms with Crippen LogP contribution in [0.15, 0.2) is 88.1 Å². The first kappa shape index (κ1) is 20.8. The molecule has 0 radical (unpaired) electrons. The fourth-order valence-corrected chi connectivity index (χ4v) is 4.55. The van der Waals surface area contributed by atoms with Crippen LogP contribution in [0.1, 0.15) is 29.1 Å². The van der Waals surface area contributed by atoms with Gasteiger partial charge in [0.05, 0.1) is 17.3 Å². The Morgan fingerprint density at radius 3 is 2.66 bits per heavy atom. The highest BCUT2D eigenvalue weighted by atomic mass is 79.9. The van der Waals surface area contributed by atoms with Crippen LogP contribution in [0.2, 0.25) is 0 Å². The van der Waals surface area contributed by atoms with Crippen molar-refractivity contribution in [1.82, 2.24) is 20.2 Å². The van der Waals surface area contributed by atoms with Gasteiger partial charge in [-0.1, -0.05) is 22.0 Å². The van der Waals surface area contributed by atoms with Gasteiger partial charge in [-0.05, 0) is 72.4 Å². The van der Waals surface area contributed by atoms with Crippen LogP contribution in [-0.4, -0.2) is 20.0 Å². The maximum absolute atomic E-state index is 14.5. The summed E-state index contributed by atoms with van der Waals surface area (Å²) < 4.78 is 21.4. The Hall–Kier alpha value is -3.10. The molecule has 1 aliphatic rings. The Labute approximate surface area is 198 Å². The normalized spacial score (nSPS) is 18.1. The van der Waals surface area contributed by atoms with Crippen LogP contribution >= 0.6 is 28.1 Å². The molecule has 32 heavy (non-hydrogen) atoms. The number of halogens is 2. The number of hydrogen-bond acceptors (Lipinski definition) is 4. The van der Waals surface area contributed by atoms with E-state index in [-0.39, 0.29) is 17.9 Å². The van der Waals surface area contributed by atoms with Gasteiger partial charge in [-0.3, -0.25) is 9.97 Å². The average Bonchev–Trinajstić information content (AvgIpc) is 3.40. The molecule has 8 heteroatoms. The van der Waals surface area contributed by atoms with Gasteiger partial charge >= 0.3 is 0 Å². The lowest BCUT2D eigenvalue weighted by molar-refractivity contribution is 0.269. The highest BCUT2D eigenvalue weighted by Crippen LogP contribution is 2.41. The SMILES string of the molecule is Fc1cc(Br)ccc1-c1ccc([C@@H]2[C@@H](c3ccccn3)NC(=S)N2Cc2ccncc2)o1. The molecule has 1 saturated heterocycles. The number of benzene rings is 1. The van der Waals surface area contributed by atoms with Crippen molar-refractivity contribution in [3.63, 3.8) is 0 Å². The summed E-state index contributed by atoms with van der Waals surface area (Å²) in [5.41, 5.74) is 2.33. The van der Waals surface area contributed by atoms with Crippen LogP contribution in [0.25, 0.3) is 11.3 Å². The van der Waals surface area contributed by atoms with E-state index in [1.165, 1.54) is 6.07 Å². The monoisotopic (exact) mass is 508 g/mol. The zero-order chi connectivity index (χ0) is 22.1. The third-order valence-corrected chi connectivity index (χ3v) is 6.26. The topological polar surface area (TPSA) is 54.2 Å². The lowest BCUT2D eigenvalue weighted by atomic mass is 10.0. The molecule has 5 rings (SSSR count). The Morgan fingerprint density at radius 1 is 1.06 bits per heavy atom. The van der Waals surface area contributed by atoms with Crippen LogP contribution in [0.4, 0.5) is 4.39 Å². The number of furan rings is 1. The van der Waals surface area contributed by atoms with E-state index in [1.54, 1.807) is 36.8 Å². The molecule has 1 N–H and O–H groups in total. The largest absolute Gasteiger partial charge is 0.459 e. The van der Waals surface area contributed by atoms with Gasteiger partial charge in [-0.25, -0.2) is 4.39 Å². The second kappa shape index (κ2) is 8.80. The third kappa shape index (κ3) is 4.03. The Morgan fingerprint density at radius 2 is 1.91 bits per heavy atom. The lowest BCUT2D eigenvalue weighted by Gasteiger charge is -2.26. The van der Waals surface area contributed by atoms with Crippen LogP contribution in [0, 0.1) is 5.82 Å². The molecule has 1 fully saturated rings. The Bertz CT molecular complexity index is 1250. The number of hydrogen-bond donors (Lipinski definition) is 1. The van der Waals surface area contributed by atoms with Crippen molar-refractivity contribution in [3.8, 4) is 11.3 Å². The van der Waals surface area contributed by atoms with Gasteiger partial charge in [-0.15, -0.1) is 0 Å². The first-order chi connectivity index (χ1) is 15.6. The van der Waals surface area contributed by atoms with E-state index in [4.69, 9.17) is 16.6 Å². The fraction of sp³-hybridized carbons (Fsp3) is 0.125. The minimum absolute atomic E-state index is 0.209. The van der Waals surface area contributed by atoms with E-state index in [1.807, 2.05) is 36.4 Å². The molecule has 1 aliphatic heterocycles. The summed E-state index contributed by atoms with van der Waals surface area (Å²) in [5.74, 6) is 0.793. The molecule has 2 atom stereocenters. The molecule has 4 aromatic rings. The van der Waals surface area contributed by atoms with Crippen LogP contribution in [0.3, 0.4) is 0 Å². The smallest absolute Gasteiger partial charge is 0.170 e. The molecular formula is C24H18BrFN4OS. The van der Waals surface area contributed by atoms with Gasteiger partial charge in [0.25, 0.3) is 0 Å². The standard InChI is InChI=1S/C24H18BrFN4OS/c25-16-4-5-17(18(26)13-16)20-6-7-21(31-20)23-22(19-3-1-2-10-28-19)29-24(32)30(23)14-15-8-11-27-12-9-15/h1-13,22-23H,14H2,(H,29,32)/t22-,23-/m1/s1. The van der Waals surface area contributed by atoms with Crippen molar-refractivity contribution in [1.29, 1.82) is 0 Å². The minimum Gasteiger partial charge on any atom is -0.459 e. The van der Waals surface area contributed by atoms with Crippen molar-refractivity contribution in [2.24, 2.45) is 0 Å². The molecule has 0 bridgehead atoms. The zero-order valence-corrected chi connectivity index (χ0v) is 19.2. The summed E-state index contributed by atoms with van der Waals surface area (Å²) in [4.78, 5) is 10.7. The predicted octanol–water partition coefficient (Wildman–Crippen LogP) is 5.81. The molecule has 4 heterocycles. The average molecular weight is 509 g/mol. The predicted molar refractivity (Wildman–Crippen MR) is 127 cm³/mol. The van der Waals surface area contributed by atoms with E-state index in [9.17, 15) is 4.39 Å². The summed E-state index contributed by atoms with van der Waals surface area (Å²) in [6.45, 7) is 0.574. The van der Waals surface area contributed by atoms with Gasteiger partial charge < -0.3 is 14.6 Å². The molecule has 0 spiro atoms. The van der Waals surface area contributed by atoms with E-state index in [0.29, 0.717) is 33.2 Å². The molecular weight excluding hydrogens is 491 g/mol. The molecule has 3 aromatic heterocycles. The summed E-state index contributed by atoms with van der Waals surface area (Å²) >= 11 is 8.99. The van der Waals surface area contributed by atoms with Crippen molar-refractivity contribution in [2.75, 3.05) is 0 Å². The number of pyridine rings is 2. The quantitative estimate of drug-likeness (QED) is 0.343. The minimum atomic E-state index is -0.352.